The van der Waals surface area contributed by atoms with E-state index >= 15 is 0 Å². The zero-order chi connectivity index (χ0) is 22.2. The third-order valence-corrected chi connectivity index (χ3v) is 6.18. The Kier molecular flexibility index (Phi) is 9.11. The fourth-order valence-electron chi connectivity index (χ4n) is 2.55. The molecular weight excluding hydrogens is 450 g/mol. The van der Waals surface area contributed by atoms with Crippen LogP contribution in [0.3, 0.4) is 0 Å². The van der Waals surface area contributed by atoms with E-state index in [1.807, 2.05) is 0 Å². The third kappa shape index (κ3) is 7.16. The van der Waals surface area contributed by atoms with Gasteiger partial charge in [0.25, 0.3) is 0 Å². The van der Waals surface area contributed by atoms with Gasteiger partial charge in [-0.15, -0.1) is 0 Å². The quantitative estimate of drug-likeness (QED) is 0.271. The number of nitrogens with one attached hydrogen (secondary N) is 1. The first-order valence-electron chi connectivity index (χ1n) is 9.62. The van der Waals surface area contributed by atoms with E-state index in [1.165, 1.54) is 24.3 Å². The van der Waals surface area contributed by atoms with E-state index in [4.69, 9.17) is 14.6 Å². The molecule has 12 heteroatoms. The molecule has 0 radical (unpaired) electrons. The number of aromatic nitrogens is 2. The van der Waals surface area contributed by atoms with Gasteiger partial charge >= 0.3 is 0 Å². The topological polar surface area (TPSA) is 100.0 Å². The average molecular weight is 475 g/mol. The SMILES string of the molecule is C[C@@H](Oc1cc(NSN2CCOCC2)nc(SCc2cccc(F)c2F)n1)C(O)CO. The standard InChI is InChI=1S/C19H24F2N4O4S2/c1-12(15(27)10-26)29-17-9-16(24-31-25-5-7-28-8-6-25)22-19(23-17)30-11-13-3-2-4-14(20)18(13)21/h2-4,9,12,15,26-27H,5-8,10-11H2,1H3,(H,22,23,24)/t12-,15?/m1/s1. The molecule has 1 saturated heterocycles. The smallest absolute Gasteiger partial charge is 0.219 e. The molecule has 1 aromatic carbocycles. The van der Waals surface area contributed by atoms with Crippen LogP contribution in [0.25, 0.3) is 0 Å². The van der Waals surface area contributed by atoms with E-state index < -0.39 is 30.4 Å². The second kappa shape index (κ2) is 11.8. The zero-order valence-corrected chi connectivity index (χ0v) is 18.5. The molecule has 170 valence electrons. The van der Waals surface area contributed by atoms with Crippen molar-refractivity contribution in [2.24, 2.45) is 0 Å². The lowest BCUT2D eigenvalue weighted by Gasteiger charge is -2.25. The molecule has 0 saturated carbocycles. The summed E-state index contributed by atoms with van der Waals surface area (Å²) in [4.78, 5) is 8.70. The van der Waals surface area contributed by atoms with Crippen LogP contribution in [0, 0.1) is 11.6 Å². The molecule has 1 aliphatic heterocycles. The highest BCUT2D eigenvalue weighted by molar-refractivity contribution is 7.98. The van der Waals surface area contributed by atoms with Crippen LogP contribution in [0.4, 0.5) is 14.6 Å². The Morgan fingerprint density at radius 2 is 2.06 bits per heavy atom. The number of aliphatic hydroxyl groups is 2. The molecule has 31 heavy (non-hydrogen) atoms. The third-order valence-electron chi connectivity index (χ3n) is 4.36. The summed E-state index contributed by atoms with van der Waals surface area (Å²) in [5, 5.41) is 19.2. The predicted molar refractivity (Wildman–Crippen MR) is 115 cm³/mol. The van der Waals surface area contributed by atoms with Crippen LogP contribution in [0.2, 0.25) is 0 Å². The van der Waals surface area contributed by atoms with Crippen LogP contribution in [0.1, 0.15) is 12.5 Å². The van der Waals surface area contributed by atoms with Gasteiger partial charge in [0.1, 0.15) is 18.0 Å². The number of aliphatic hydroxyl groups excluding tert-OH is 2. The molecule has 2 atom stereocenters. The summed E-state index contributed by atoms with van der Waals surface area (Å²) in [7, 11) is 0. The van der Waals surface area contributed by atoms with Crippen molar-refractivity contribution in [2.45, 2.75) is 30.0 Å². The molecule has 1 unspecified atom stereocenters. The summed E-state index contributed by atoms with van der Waals surface area (Å²) in [6, 6.07) is 5.57. The van der Waals surface area contributed by atoms with Crippen molar-refractivity contribution >= 4 is 29.7 Å². The lowest BCUT2D eigenvalue weighted by Crippen LogP contribution is -2.32. The number of nitrogens with zero attached hydrogens (tertiary/aromatic N) is 3. The lowest BCUT2D eigenvalue weighted by atomic mass is 10.2. The first-order valence-corrected chi connectivity index (χ1v) is 11.4. The van der Waals surface area contributed by atoms with Crippen LogP contribution in [-0.4, -0.2) is 69.6 Å². The first-order chi connectivity index (χ1) is 15.0. The summed E-state index contributed by atoms with van der Waals surface area (Å²) < 4.78 is 43.6. The minimum absolute atomic E-state index is 0.123. The Hall–Kier alpha value is -1.70. The number of halogens is 2. The van der Waals surface area contributed by atoms with Crippen LogP contribution in [0.5, 0.6) is 5.88 Å². The van der Waals surface area contributed by atoms with E-state index in [2.05, 4.69) is 19.0 Å². The van der Waals surface area contributed by atoms with Gasteiger partial charge in [0.2, 0.25) is 5.88 Å². The molecule has 1 aliphatic rings. The van der Waals surface area contributed by atoms with Crippen molar-refractivity contribution in [3.63, 3.8) is 0 Å². The van der Waals surface area contributed by atoms with Crippen molar-refractivity contribution < 1.29 is 28.5 Å². The molecule has 2 aromatic rings. The van der Waals surface area contributed by atoms with Gasteiger partial charge in [-0.25, -0.2) is 18.1 Å². The number of anilines is 1. The van der Waals surface area contributed by atoms with Gasteiger partial charge in [0.05, 0.1) is 19.8 Å². The monoisotopic (exact) mass is 474 g/mol. The van der Waals surface area contributed by atoms with Crippen molar-refractivity contribution in [2.75, 3.05) is 37.6 Å². The van der Waals surface area contributed by atoms with Crippen LogP contribution in [-0.2, 0) is 10.5 Å². The van der Waals surface area contributed by atoms with Crippen molar-refractivity contribution in [1.82, 2.24) is 14.3 Å². The highest BCUT2D eigenvalue weighted by Crippen LogP contribution is 2.27. The van der Waals surface area contributed by atoms with Gasteiger partial charge in [0, 0.05) is 42.6 Å². The zero-order valence-electron chi connectivity index (χ0n) is 16.8. The van der Waals surface area contributed by atoms with Crippen molar-refractivity contribution in [3.05, 3.63) is 41.5 Å². The Morgan fingerprint density at radius 1 is 1.29 bits per heavy atom. The molecule has 0 bridgehead atoms. The Balaban J connectivity index is 1.73. The van der Waals surface area contributed by atoms with Gasteiger partial charge < -0.3 is 24.4 Å². The normalized spacial score (nSPS) is 16.7. The minimum atomic E-state index is -1.08. The highest BCUT2D eigenvalue weighted by atomic mass is 32.2. The number of morpholine rings is 1. The van der Waals surface area contributed by atoms with E-state index in [0.717, 1.165) is 30.9 Å². The van der Waals surface area contributed by atoms with Crippen molar-refractivity contribution in [3.8, 4) is 5.88 Å². The maximum Gasteiger partial charge on any atom is 0.219 e. The Labute approximate surface area is 187 Å². The molecule has 3 N–H and O–H groups in total. The fourth-order valence-corrected chi connectivity index (χ4v) is 4.03. The molecule has 2 heterocycles. The maximum atomic E-state index is 14.0. The van der Waals surface area contributed by atoms with Gasteiger partial charge in [0.15, 0.2) is 16.8 Å². The number of thioether (sulfide) groups is 1. The summed E-state index contributed by atoms with van der Waals surface area (Å²) in [6.07, 6.45) is -1.79. The Bertz CT molecular complexity index is 862. The number of benzene rings is 1. The lowest BCUT2D eigenvalue weighted by molar-refractivity contribution is 0.00599. The second-order valence-corrected chi connectivity index (χ2v) is 8.53. The van der Waals surface area contributed by atoms with E-state index in [9.17, 15) is 13.9 Å². The predicted octanol–water partition coefficient (Wildman–Crippen LogP) is 2.47. The van der Waals surface area contributed by atoms with Gasteiger partial charge in [-0.3, -0.25) is 0 Å². The largest absolute Gasteiger partial charge is 0.472 e. The van der Waals surface area contributed by atoms with Gasteiger partial charge in [-0.1, -0.05) is 23.9 Å². The number of ether oxygens (including phenoxy) is 2. The van der Waals surface area contributed by atoms with E-state index in [0.29, 0.717) is 19.0 Å². The molecule has 0 amide bonds. The molecule has 0 aliphatic carbocycles. The van der Waals surface area contributed by atoms with E-state index in [-0.39, 0.29) is 22.4 Å². The van der Waals surface area contributed by atoms with Crippen LogP contribution < -0.4 is 9.46 Å². The molecule has 8 nitrogen and oxygen atoms in total. The van der Waals surface area contributed by atoms with Crippen LogP contribution in [0.15, 0.2) is 29.4 Å². The van der Waals surface area contributed by atoms with Gasteiger partial charge in [-0.2, -0.15) is 4.98 Å². The minimum Gasteiger partial charge on any atom is -0.472 e. The number of hydrogen-bond donors (Lipinski definition) is 3. The maximum absolute atomic E-state index is 14.0. The molecular formula is C19H24F2N4O4S2. The Morgan fingerprint density at radius 3 is 2.81 bits per heavy atom. The molecule has 1 aromatic heterocycles. The second-order valence-electron chi connectivity index (χ2n) is 6.68. The molecule has 1 fully saturated rings. The summed E-state index contributed by atoms with van der Waals surface area (Å²) in [5.41, 5.74) is 0.196. The summed E-state index contributed by atoms with van der Waals surface area (Å²) >= 11 is 2.49. The average Bonchev–Trinajstić information content (AvgIpc) is 2.78. The van der Waals surface area contributed by atoms with E-state index in [1.54, 1.807) is 13.0 Å². The summed E-state index contributed by atoms with van der Waals surface area (Å²) in [5.74, 6) is -1.05. The van der Waals surface area contributed by atoms with Crippen molar-refractivity contribution in [1.29, 1.82) is 0 Å². The fraction of sp³-hybridized carbons (Fsp3) is 0.474. The highest BCUT2D eigenvalue weighted by Gasteiger charge is 2.18. The summed E-state index contributed by atoms with van der Waals surface area (Å²) in [6.45, 7) is 3.95. The van der Waals surface area contributed by atoms with Gasteiger partial charge in [-0.05, 0) is 13.0 Å². The number of hydrogen-bond acceptors (Lipinski definition) is 10. The first kappa shape index (κ1) is 24.0. The number of rotatable bonds is 10. The molecule has 3 rings (SSSR count). The van der Waals surface area contributed by atoms with Crippen LogP contribution >= 0.6 is 23.9 Å². The molecule has 0 spiro atoms.